The Bertz CT molecular complexity index is 1120. The zero-order valence-electron chi connectivity index (χ0n) is 18.2. The molecule has 8 heteroatoms. The number of anilines is 1. The van der Waals surface area contributed by atoms with Crippen molar-refractivity contribution in [1.82, 2.24) is 0 Å². The number of carbonyl (C=O) groups is 2. The summed E-state index contributed by atoms with van der Waals surface area (Å²) in [6.45, 7) is 2.44. The van der Waals surface area contributed by atoms with Crippen LogP contribution in [0, 0.1) is 5.82 Å². The highest BCUT2D eigenvalue weighted by atomic mass is 79.9. The number of benzene rings is 3. The van der Waals surface area contributed by atoms with Crippen LogP contribution in [0.5, 0.6) is 17.2 Å². The summed E-state index contributed by atoms with van der Waals surface area (Å²) >= 11 is 3.15. The number of rotatable bonds is 5. The second-order valence-corrected chi connectivity index (χ2v) is 7.92. The molecule has 6 nitrogen and oxygen atoms in total. The van der Waals surface area contributed by atoms with Gasteiger partial charge in [0, 0.05) is 5.33 Å². The second-order valence-electron chi connectivity index (χ2n) is 6.80. The van der Waals surface area contributed by atoms with Gasteiger partial charge in [0.15, 0.2) is 5.75 Å². The van der Waals surface area contributed by atoms with E-state index in [1.807, 2.05) is 6.92 Å². The molecule has 1 aliphatic heterocycles. The smallest absolute Gasteiger partial charge is 0.337 e. The maximum absolute atomic E-state index is 13.8. The topological polar surface area (TPSA) is 65.1 Å². The number of ether oxygens (including phenoxy) is 3. The molecule has 0 aliphatic carbocycles. The van der Waals surface area contributed by atoms with E-state index in [9.17, 15) is 14.0 Å². The fraction of sp³-hybridized carbons (Fsp3) is 0.231. The van der Waals surface area contributed by atoms with Crippen molar-refractivity contribution in [3.05, 3.63) is 83.7 Å². The SMILES string of the molecule is C.CCBr.COC(=O)c1ccc(OCCN2C(=O)c3cc(F)ccc3Oc3ccccc32)cc1. The first kappa shape index (κ1) is 26.9. The Morgan fingerprint density at radius 3 is 2.41 bits per heavy atom. The van der Waals surface area contributed by atoms with Crippen molar-refractivity contribution in [2.45, 2.75) is 14.4 Å². The molecule has 0 aromatic heterocycles. The Balaban J connectivity index is 0.000000970. The predicted molar refractivity (Wildman–Crippen MR) is 134 cm³/mol. The standard InChI is InChI=1S/C23H18FNO5.C2H5Br.CH4/c1-28-23(27)15-6-9-17(10-7-15)29-13-12-25-19-4-2-3-5-21(19)30-20-11-8-16(24)14-18(20)22(25)26;1-2-3;/h2-11,14H,12-13H2,1H3;2H2,1H3;1H4. The number of alkyl halides is 1. The van der Waals surface area contributed by atoms with Gasteiger partial charge >= 0.3 is 5.97 Å². The van der Waals surface area contributed by atoms with Crippen LogP contribution in [0.4, 0.5) is 10.1 Å². The number of para-hydroxylation sites is 2. The molecular weight excluding hydrogens is 505 g/mol. The molecule has 0 spiro atoms. The summed E-state index contributed by atoms with van der Waals surface area (Å²) in [4.78, 5) is 26.1. The maximum Gasteiger partial charge on any atom is 0.337 e. The molecular formula is C26H27BrFNO5. The molecule has 3 aromatic rings. The molecule has 0 bridgehead atoms. The summed E-state index contributed by atoms with van der Waals surface area (Å²) in [6, 6.07) is 17.5. The van der Waals surface area contributed by atoms with E-state index >= 15 is 0 Å². The first-order chi connectivity index (χ1) is 16.0. The molecule has 4 rings (SSSR count). The highest BCUT2D eigenvalue weighted by Crippen LogP contribution is 2.38. The summed E-state index contributed by atoms with van der Waals surface area (Å²) in [5.41, 5.74) is 1.13. The minimum atomic E-state index is -0.515. The number of fused-ring (bicyclic) bond motifs is 2. The van der Waals surface area contributed by atoms with Crippen molar-refractivity contribution < 1.29 is 28.2 Å². The fourth-order valence-corrected chi connectivity index (χ4v) is 3.18. The van der Waals surface area contributed by atoms with E-state index in [1.54, 1.807) is 48.5 Å². The van der Waals surface area contributed by atoms with Gasteiger partial charge in [-0.3, -0.25) is 4.79 Å². The molecule has 0 radical (unpaired) electrons. The van der Waals surface area contributed by atoms with Gasteiger partial charge in [0.2, 0.25) is 0 Å². The van der Waals surface area contributed by atoms with Crippen molar-refractivity contribution in [3.63, 3.8) is 0 Å². The Kier molecular flexibility index (Phi) is 10.1. The van der Waals surface area contributed by atoms with Crippen LogP contribution in [0.2, 0.25) is 0 Å². The lowest BCUT2D eigenvalue weighted by Gasteiger charge is -2.22. The summed E-state index contributed by atoms with van der Waals surface area (Å²) in [5.74, 6) is 0.0204. The first-order valence-electron chi connectivity index (χ1n) is 10.2. The lowest BCUT2D eigenvalue weighted by Crippen LogP contribution is -2.34. The number of hydrogen-bond acceptors (Lipinski definition) is 5. The lowest BCUT2D eigenvalue weighted by molar-refractivity contribution is 0.0600. The number of halogens is 2. The lowest BCUT2D eigenvalue weighted by atomic mass is 10.1. The molecule has 0 saturated heterocycles. The van der Waals surface area contributed by atoms with Crippen molar-refractivity contribution in [2.75, 3.05) is 30.5 Å². The number of esters is 1. The Hall–Kier alpha value is -3.39. The second kappa shape index (κ2) is 12.7. The van der Waals surface area contributed by atoms with E-state index in [0.717, 1.165) is 5.33 Å². The molecule has 1 heterocycles. The third kappa shape index (κ3) is 6.35. The van der Waals surface area contributed by atoms with Crippen molar-refractivity contribution in [1.29, 1.82) is 0 Å². The van der Waals surface area contributed by atoms with E-state index in [4.69, 9.17) is 9.47 Å². The maximum atomic E-state index is 13.8. The molecule has 1 aliphatic rings. The van der Waals surface area contributed by atoms with E-state index in [2.05, 4.69) is 20.7 Å². The van der Waals surface area contributed by atoms with Crippen molar-refractivity contribution >= 4 is 33.5 Å². The number of carbonyl (C=O) groups excluding carboxylic acids is 2. The summed E-state index contributed by atoms with van der Waals surface area (Å²) < 4.78 is 30.0. The highest BCUT2D eigenvalue weighted by molar-refractivity contribution is 9.09. The van der Waals surface area contributed by atoms with Crippen molar-refractivity contribution in [3.8, 4) is 17.2 Å². The van der Waals surface area contributed by atoms with Crippen LogP contribution in [-0.2, 0) is 4.74 Å². The molecule has 0 fully saturated rings. The van der Waals surface area contributed by atoms with Gasteiger partial charge in [-0.2, -0.15) is 0 Å². The number of methoxy groups -OCH3 is 1. The first-order valence-corrected chi connectivity index (χ1v) is 11.4. The summed E-state index contributed by atoms with van der Waals surface area (Å²) in [5, 5.41) is 1.06. The average molecular weight is 532 g/mol. The van der Waals surface area contributed by atoms with Crippen LogP contribution in [0.1, 0.15) is 35.1 Å². The fourth-order valence-electron chi connectivity index (χ4n) is 3.18. The number of nitrogens with zero attached hydrogens (tertiary/aromatic N) is 1. The molecule has 1 amide bonds. The zero-order valence-corrected chi connectivity index (χ0v) is 19.8. The third-order valence-electron chi connectivity index (χ3n) is 4.65. The van der Waals surface area contributed by atoms with Gasteiger partial charge in [-0.15, -0.1) is 0 Å². The van der Waals surface area contributed by atoms with E-state index in [1.165, 1.54) is 30.2 Å². The largest absolute Gasteiger partial charge is 0.492 e. The summed E-state index contributed by atoms with van der Waals surface area (Å²) in [7, 11) is 1.32. The van der Waals surface area contributed by atoms with Crippen LogP contribution >= 0.6 is 15.9 Å². The number of hydrogen-bond donors (Lipinski definition) is 0. The normalized spacial score (nSPS) is 11.4. The van der Waals surface area contributed by atoms with Crippen LogP contribution in [0.25, 0.3) is 0 Å². The average Bonchev–Trinajstić information content (AvgIpc) is 2.94. The number of amides is 1. The quantitative estimate of drug-likeness (QED) is 0.278. The van der Waals surface area contributed by atoms with Gasteiger partial charge in [-0.1, -0.05) is 42.4 Å². The van der Waals surface area contributed by atoms with E-state index in [0.29, 0.717) is 28.5 Å². The zero-order chi connectivity index (χ0) is 23.8. The van der Waals surface area contributed by atoms with E-state index in [-0.39, 0.29) is 32.0 Å². The monoisotopic (exact) mass is 531 g/mol. The summed E-state index contributed by atoms with van der Waals surface area (Å²) in [6.07, 6.45) is 0. The van der Waals surface area contributed by atoms with Gasteiger partial charge < -0.3 is 19.1 Å². The Morgan fingerprint density at radius 1 is 1.06 bits per heavy atom. The molecule has 34 heavy (non-hydrogen) atoms. The predicted octanol–water partition coefficient (Wildman–Crippen LogP) is 6.48. The molecule has 180 valence electrons. The minimum Gasteiger partial charge on any atom is -0.492 e. The molecule has 0 saturated carbocycles. The molecule has 0 unspecified atom stereocenters. The third-order valence-corrected chi connectivity index (χ3v) is 4.65. The molecule has 0 N–H and O–H groups in total. The van der Waals surface area contributed by atoms with Gasteiger partial charge in [0.25, 0.3) is 5.91 Å². The Labute approximate surface area is 207 Å². The highest BCUT2D eigenvalue weighted by Gasteiger charge is 2.28. The molecule has 3 aromatic carbocycles. The van der Waals surface area contributed by atoms with Crippen LogP contribution in [0.3, 0.4) is 0 Å². The van der Waals surface area contributed by atoms with Crippen LogP contribution < -0.4 is 14.4 Å². The Morgan fingerprint density at radius 2 is 1.74 bits per heavy atom. The van der Waals surface area contributed by atoms with Crippen LogP contribution in [-0.4, -0.2) is 37.5 Å². The minimum absolute atomic E-state index is 0. The molecule has 0 atom stereocenters. The van der Waals surface area contributed by atoms with Gasteiger partial charge in [0.1, 0.15) is 23.9 Å². The van der Waals surface area contributed by atoms with E-state index < -0.39 is 11.8 Å². The van der Waals surface area contributed by atoms with Gasteiger partial charge in [-0.05, 0) is 54.6 Å². The van der Waals surface area contributed by atoms with Gasteiger partial charge in [-0.25, -0.2) is 9.18 Å². The van der Waals surface area contributed by atoms with Crippen LogP contribution in [0.15, 0.2) is 66.7 Å². The van der Waals surface area contributed by atoms with Gasteiger partial charge in [0.05, 0.1) is 30.5 Å². The van der Waals surface area contributed by atoms with Crippen molar-refractivity contribution in [2.24, 2.45) is 0 Å².